The third-order valence-corrected chi connectivity index (χ3v) is 6.92. The van der Waals surface area contributed by atoms with E-state index in [4.69, 9.17) is 14.7 Å². The molecule has 2 aliphatic heterocycles. The minimum atomic E-state index is -0.534. The van der Waals surface area contributed by atoms with E-state index >= 15 is 0 Å². The molecule has 9 heteroatoms. The molecular formula is C28H37N3O6. The number of ether oxygens (including phenoxy) is 2. The normalized spacial score (nSPS) is 22.4. The van der Waals surface area contributed by atoms with Gasteiger partial charge in [0.05, 0.1) is 18.8 Å². The van der Waals surface area contributed by atoms with E-state index in [9.17, 15) is 14.7 Å². The standard InChI is InChI=1S/C28H37N3O6/c32-19-20-7-9-21(10-8-20)25-17-24(18-31-15-2-1-3-16-31)36-28(37-25)22-11-13-23(14-12-22)29-26(33)5-4-6-27(34)30-35/h7-14,24-25,28,32,35H,1-6,15-19H2,(H,29,33)(H,30,34)/t24-,25+,28+/m0/s1. The van der Waals surface area contributed by atoms with Gasteiger partial charge in [-0.1, -0.05) is 42.8 Å². The lowest BCUT2D eigenvalue weighted by molar-refractivity contribution is -0.253. The van der Waals surface area contributed by atoms with Crippen molar-refractivity contribution in [3.8, 4) is 0 Å². The number of amides is 2. The van der Waals surface area contributed by atoms with Crippen LogP contribution in [0.1, 0.15) is 74.0 Å². The Morgan fingerprint density at radius 1 is 0.892 bits per heavy atom. The topological polar surface area (TPSA) is 120 Å². The molecule has 200 valence electrons. The third kappa shape index (κ3) is 8.08. The van der Waals surface area contributed by atoms with Gasteiger partial charge in [0.1, 0.15) is 0 Å². The van der Waals surface area contributed by atoms with E-state index in [0.717, 1.165) is 42.7 Å². The van der Waals surface area contributed by atoms with E-state index in [2.05, 4.69) is 10.2 Å². The summed E-state index contributed by atoms with van der Waals surface area (Å²) < 4.78 is 12.8. The van der Waals surface area contributed by atoms with Crippen molar-refractivity contribution in [1.82, 2.24) is 10.4 Å². The van der Waals surface area contributed by atoms with E-state index in [-0.39, 0.29) is 37.6 Å². The number of piperidine rings is 1. The van der Waals surface area contributed by atoms with E-state index in [1.807, 2.05) is 48.5 Å². The predicted molar refractivity (Wildman–Crippen MR) is 138 cm³/mol. The molecule has 0 radical (unpaired) electrons. The smallest absolute Gasteiger partial charge is 0.243 e. The van der Waals surface area contributed by atoms with E-state index in [1.165, 1.54) is 19.3 Å². The maximum atomic E-state index is 12.2. The minimum Gasteiger partial charge on any atom is -0.392 e. The average Bonchev–Trinajstić information content (AvgIpc) is 2.93. The number of rotatable bonds is 10. The highest BCUT2D eigenvalue weighted by atomic mass is 16.7. The molecule has 3 atom stereocenters. The fourth-order valence-electron chi connectivity index (χ4n) is 4.88. The molecule has 37 heavy (non-hydrogen) atoms. The van der Waals surface area contributed by atoms with Gasteiger partial charge in [-0.2, -0.15) is 0 Å². The monoisotopic (exact) mass is 511 g/mol. The molecule has 0 unspecified atom stereocenters. The molecule has 2 aliphatic rings. The zero-order chi connectivity index (χ0) is 26.0. The fraction of sp³-hybridized carbons (Fsp3) is 0.500. The number of anilines is 1. The molecule has 2 saturated heterocycles. The fourth-order valence-corrected chi connectivity index (χ4v) is 4.88. The predicted octanol–water partition coefficient (Wildman–Crippen LogP) is 3.82. The summed E-state index contributed by atoms with van der Waals surface area (Å²) in [6, 6.07) is 15.3. The molecule has 0 aliphatic carbocycles. The highest BCUT2D eigenvalue weighted by molar-refractivity contribution is 5.91. The molecule has 0 saturated carbocycles. The quantitative estimate of drug-likeness (QED) is 0.283. The summed E-state index contributed by atoms with van der Waals surface area (Å²) in [5.74, 6) is -0.706. The Bertz CT molecular complexity index is 1010. The molecule has 2 heterocycles. The van der Waals surface area contributed by atoms with Gasteiger partial charge in [0.15, 0.2) is 6.29 Å². The van der Waals surface area contributed by atoms with Gasteiger partial charge in [-0.3, -0.25) is 14.8 Å². The number of carbonyl (C=O) groups excluding carboxylic acids is 2. The van der Waals surface area contributed by atoms with Crippen LogP contribution in [0.25, 0.3) is 0 Å². The van der Waals surface area contributed by atoms with Gasteiger partial charge in [-0.05, 0) is 55.6 Å². The Hall–Kier alpha value is -2.82. The van der Waals surface area contributed by atoms with Crippen molar-refractivity contribution in [2.24, 2.45) is 0 Å². The summed E-state index contributed by atoms with van der Waals surface area (Å²) in [6.45, 7) is 3.07. The maximum absolute atomic E-state index is 12.2. The first-order valence-corrected chi connectivity index (χ1v) is 13.1. The van der Waals surface area contributed by atoms with Crippen LogP contribution >= 0.6 is 0 Å². The third-order valence-electron chi connectivity index (χ3n) is 6.92. The molecule has 2 amide bonds. The molecule has 2 aromatic rings. The van der Waals surface area contributed by atoms with Crippen LogP contribution < -0.4 is 10.8 Å². The van der Waals surface area contributed by atoms with Gasteiger partial charge in [0.2, 0.25) is 11.8 Å². The van der Waals surface area contributed by atoms with Crippen LogP contribution in [0.4, 0.5) is 5.69 Å². The first-order valence-electron chi connectivity index (χ1n) is 13.1. The van der Waals surface area contributed by atoms with E-state index in [0.29, 0.717) is 12.1 Å². The molecule has 2 aromatic carbocycles. The van der Waals surface area contributed by atoms with Crippen LogP contribution in [0.5, 0.6) is 0 Å². The molecule has 4 rings (SSSR count). The summed E-state index contributed by atoms with van der Waals surface area (Å²) in [5, 5.41) is 20.8. The summed E-state index contributed by atoms with van der Waals surface area (Å²) in [5.41, 5.74) is 5.02. The van der Waals surface area contributed by atoms with Crippen molar-refractivity contribution in [2.45, 2.75) is 70.1 Å². The second-order valence-electron chi connectivity index (χ2n) is 9.77. The number of aliphatic hydroxyl groups is 1. The minimum absolute atomic E-state index is 0.00992. The number of nitrogens with zero attached hydrogens (tertiary/aromatic N) is 1. The second-order valence-corrected chi connectivity index (χ2v) is 9.77. The van der Waals surface area contributed by atoms with Crippen LogP contribution in [-0.4, -0.2) is 52.8 Å². The average molecular weight is 512 g/mol. The first kappa shape index (κ1) is 27.2. The molecule has 0 bridgehead atoms. The van der Waals surface area contributed by atoms with Crippen LogP contribution in [0.2, 0.25) is 0 Å². The van der Waals surface area contributed by atoms with Crippen LogP contribution in [-0.2, 0) is 25.7 Å². The van der Waals surface area contributed by atoms with Crippen molar-refractivity contribution in [3.63, 3.8) is 0 Å². The van der Waals surface area contributed by atoms with Crippen molar-refractivity contribution in [2.75, 3.05) is 25.0 Å². The maximum Gasteiger partial charge on any atom is 0.243 e. The zero-order valence-electron chi connectivity index (χ0n) is 21.1. The van der Waals surface area contributed by atoms with Gasteiger partial charge in [-0.15, -0.1) is 0 Å². The summed E-state index contributed by atoms with van der Waals surface area (Å²) in [7, 11) is 0. The number of hydroxylamine groups is 1. The summed E-state index contributed by atoms with van der Waals surface area (Å²) in [6.07, 6.45) is 4.46. The van der Waals surface area contributed by atoms with Gasteiger partial charge < -0.3 is 24.8 Å². The van der Waals surface area contributed by atoms with Crippen molar-refractivity contribution >= 4 is 17.5 Å². The number of aliphatic hydroxyl groups excluding tert-OH is 1. The number of nitrogens with one attached hydrogen (secondary N) is 2. The molecule has 0 aromatic heterocycles. The Balaban J connectivity index is 1.41. The lowest BCUT2D eigenvalue weighted by atomic mass is 9.99. The molecule has 0 spiro atoms. The Morgan fingerprint density at radius 3 is 2.24 bits per heavy atom. The Morgan fingerprint density at radius 2 is 1.57 bits per heavy atom. The molecular weight excluding hydrogens is 474 g/mol. The van der Waals surface area contributed by atoms with Gasteiger partial charge >= 0.3 is 0 Å². The van der Waals surface area contributed by atoms with Gasteiger partial charge in [-0.25, -0.2) is 5.48 Å². The van der Waals surface area contributed by atoms with Crippen LogP contribution in [0, 0.1) is 0 Å². The highest BCUT2D eigenvalue weighted by Crippen LogP contribution is 2.38. The lowest BCUT2D eigenvalue weighted by Crippen LogP contribution is -2.41. The molecule has 4 N–H and O–H groups in total. The number of benzene rings is 2. The number of likely N-dealkylation sites (tertiary alicyclic amines) is 1. The number of carbonyl (C=O) groups is 2. The van der Waals surface area contributed by atoms with Gasteiger partial charge in [0, 0.05) is 37.1 Å². The van der Waals surface area contributed by atoms with Gasteiger partial charge in [0.25, 0.3) is 0 Å². The summed E-state index contributed by atoms with van der Waals surface area (Å²) >= 11 is 0. The Kier molecular flexibility index (Phi) is 10.0. The number of hydrogen-bond donors (Lipinski definition) is 4. The lowest BCUT2D eigenvalue weighted by Gasteiger charge is -2.39. The van der Waals surface area contributed by atoms with Crippen LogP contribution in [0.3, 0.4) is 0 Å². The van der Waals surface area contributed by atoms with Crippen LogP contribution in [0.15, 0.2) is 48.5 Å². The van der Waals surface area contributed by atoms with Crippen molar-refractivity contribution < 1.29 is 29.4 Å². The zero-order valence-corrected chi connectivity index (χ0v) is 21.1. The molecule has 9 nitrogen and oxygen atoms in total. The van der Waals surface area contributed by atoms with Crippen molar-refractivity contribution in [1.29, 1.82) is 0 Å². The Labute approximate surface area is 217 Å². The second kappa shape index (κ2) is 13.6. The van der Waals surface area contributed by atoms with E-state index < -0.39 is 12.2 Å². The number of hydrogen-bond acceptors (Lipinski definition) is 7. The SMILES string of the molecule is O=C(CCCC(=O)Nc1ccc([C@@H]2O[C@H](CN3CCCCC3)C[C@H](c3ccc(CO)cc3)O2)cc1)NO. The highest BCUT2D eigenvalue weighted by Gasteiger charge is 2.33. The van der Waals surface area contributed by atoms with Crippen molar-refractivity contribution in [3.05, 3.63) is 65.2 Å². The first-order chi connectivity index (χ1) is 18.0. The largest absolute Gasteiger partial charge is 0.392 e. The summed E-state index contributed by atoms with van der Waals surface area (Å²) in [4.78, 5) is 25.7. The van der Waals surface area contributed by atoms with E-state index in [1.54, 1.807) is 5.48 Å². The molecule has 2 fully saturated rings.